The zero-order chi connectivity index (χ0) is 40.1. The van der Waals surface area contributed by atoms with Crippen molar-refractivity contribution in [3.8, 4) is 23.0 Å². The van der Waals surface area contributed by atoms with E-state index in [1.54, 1.807) is 47.5 Å². The Labute approximate surface area is 326 Å². The van der Waals surface area contributed by atoms with Crippen LogP contribution in [0, 0.1) is 11.8 Å². The number of carbonyl (C=O) groups excluding carboxylic acids is 3. The Kier molecular flexibility index (Phi) is 9.73. The van der Waals surface area contributed by atoms with Gasteiger partial charge in [0.2, 0.25) is 11.8 Å². The van der Waals surface area contributed by atoms with Crippen molar-refractivity contribution in [2.24, 2.45) is 14.1 Å². The van der Waals surface area contributed by atoms with Crippen molar-refractivity contribution in [1.82, 2.24) is 24.8 Å². The molecule has 11 nitrogen and oxygen atoms in total. The second-order valence-electron chi connectivity index (χ2n) is 14.9. The average Bonchev–Trinajstić information content (AvgIpc) is 3.72. The molecule has 2 N–H and O–H groups in total. The highest BCUT2D eigenvalue weighted by Crippen LogP contribution is 2.43. The summed E-state index contributed by atoms with van der Waals surface area (Å²) >= 11 is 0. The summed E-state index contributed by atoms with van der Waals surface area (Å²) in [5.74, 6) is 4.47. The number of amides is 3. The fraction of sp³-hybridized carbons (Fsp3) is 0.295. The Balaban J connectivity index is 0.996. The van der Waals surface area contributed by atoms with E-state index in [-0.39, 0.29) is 47.6 Å². The number of imidazole rings is 1. The maximum atomic E-state index is 14.8. The molecule has 0 saturated carbocycles. The van der Waals surface area contributed by atoms with Crippen molar-refractivity contribution in [1.29, 1.82) is 0 Å². The van der Waals surface area contributed by atoms with E-state index in [1.807, 2.05) is 18.2 Å². The maximum absolute atomic E-state index is 14.8. The van der Waals surface area contributed by atoms with Gasteiger partial charge >= 0.3 is 5.69 Å². The van der Waals surface area contributed by atoms with Crippen LogP contribution in [-0.4, -0.2) is 44.9 Å². The largest absolute Gasteiger partial charge is 0.464 e. The van der Waals surface area contributed by atoms with Gasteiger partial charge in [-0.25, -0.2) is 13.6 Å². The molecule has 0 spiro atoms. The predicted octanol–water partition coefficient (Wildman–Crippen LogP) is 7.13. The summed E-state index contributed by atoms with van der Waals surface area (Å²) in [5.41, 5.74) is 7.77. The molecule has 1 saturated heterocycles. The number of carbonyl (C=O) groups is 3. The van der Waals surface area contributed by atoms with Crippen molar-refractivity contribution in [3.05, 3.63) is 111 Å². The lowest BCUT2D eigenvalue weighted by Crippen LogP contribution is -2.39. The van der Waals surface area contributed by atoms with Gasteiger partial charge in [-0.3, -0.25) is 33.8 Å². The van der Waals surface area contributed by atoms with Crippen LogP contribution >= 0.6 is 0 Å². The highest BCUT2D eigenvalue weighted by molar-refractivity contribution is 6.03. The molecule has 1 unspecified atom stereocenters. The fourth-order valence-corrected chi connectivity index (χ4v) is 8.05. The van der Waals surface area contributed by atoms with Gasteiger partial charge < -0.3 is 14.6 Å². The highest BCUT2D eigenvalue weighted by Gasteiger charge is 2.31. The summed E-state index contributed by atoms with van der Waals surface area (Å²) in [6, 6.07) is 15.9. The van der Waals surface area contributed by atoms with Crippen LogP contribution in [0.1, 0.15) is 89.7 Å². The maximum Gasteiger partial charge on any atom is 0.328 e. The van der Waals surface area contributed by atoms with Gasteiger partial charge in [-0.1, -0.05) is 31.8 Å². The molecule has 2 aliphatic rings. The van der Waals surface area contributed by atoms with Crippen LogP contribution in [0.25, 0.3) is 33.1 Å². The van der Waals surface area contributed by atoms with E-state index in [1.165, 1.54) is 18.5 Å². The number of imide groups is 1. The number of fused-ring (bicyclic) bond motifs is 3. The van der Waals surface area contributed by atoms with Gasteiger partial charge in [0.25, 0.3) is 12.3 Å². The first-order valence-electron chi connectivity index (χ1n) is 18.9. The fourth-order valence-electron chi connectivity index (χ4n) is 8.05. The number of pyridine rings is 1. The number of halogens is 2. The third-order valence-corrected chi connectivity index (χ3v) is 11.0. The lowest BCUT2D eigenvalue weighted by Gasteiger charge is -2.33. The van der Waals surface area contributed by atoms with Gasteiger partial charge in [-0.15, -0.1) is 0 Å². The van der Waals surface area contributed by atoms with Crippen LogP contribution in [0.5, 0.6) is 0 Å². The number of aromatic nitrogens is 3. The molecular weight excluding hydrogens is 731 g/mol. The van der Waals surface area contributed by atoms with E-state index in [9.17, 15) is 28.0 Å². The summed E-state index contributed by atoms with van der Waals surface area (Å²) in [5, 5.41) is 5.84. The number of anilines is 2. The minimum atomic E-state index is -2.77. The first-order chi connectivity index (χ1) is 27.4. The molecule has 3 amide bonds. The molecule has 3 aromatic carbocycles. The monoisotopic (exact) mass is 770 g/mol. The number of piperidine rings is 1. The molecule has 0 aliphatic carbocycles. The topological polar surface area (TPSA) is 131 Å². The van der Waals surface area contributed by atoms with Crippen LogP contribution in [0.3, 0.4) is 0 Å². The Morgan fingerprint density at radius 3 is 2.58 bits per heavy atom. The lowest BCUT2D eigenvalue weighted by atomic mass is 9.90. The lowest BCUT2D eigenvalue weighted by molar-refractivity contribution is -0.134. The number of benzene rings is 3. The molecule has 1 atom stereocenters. The van der Waals surface area contributed by atoms with Crippen LogP contribution in [-0.2, 0) is 30.1 Å². The second kappa shape index (κ2) is 14.8. The van der Waals surface area contributed by atoms with E-state index in [2.05, 4.69) is 52.3 Å². The molecule has 5 heterocycles. The van der Waals surface area contributed by atoms with Crippen molar-refractivity contribution in [2.75, 3.05) is 18.0 Å². The molecule has 2 aliphatic heterocycles. The standard InChI is InChI=1S/C44H40F2N6O5/c1-24(2)30-19-28(20-37-40(30)51(4)44(56)50(37)3)52-16-6-8-26-18-31(33(41(45)46)21-36(26)52)27-10-12-35(48-22-27)43(55)47-15-5-7-25-9-13-38-32(17-25)34(23-57-38)29-11-14-39(53)49-42(29)54/h9-10,12-13,17-24,29,41H,6,8,11,14-16H2,1-4H3,(H,47,55)(H,49,53,54). The van der Waals surface area contributed by atoms with Crippen LogP contribution < -0.4 is 21.2 Å². The van der Waals surface area contributed by atoms with E-state index in [0.29, 0.717) is 52.9 Å². The minimum Gasteiger partial charge on any atom is -0.464 e. The quantitative estimate of drug-likeness (QED) is 0.131. The molecule has 0 bridgehead atoms. The molecule has 0 radical (unpaired) electrons. The molecule has 290 valence electrons. The number of aryl methyl sites for hydroxylation is 3. The van der Waals surface area contributed by atoms with Crippen molar-refractivity contribution < 1.29 is 27.6 Å². The summed E-state index contributed by atoms with van der Waals surface area (Å²) < 4.78 is 38.5. The van der Waals surface area contributed by atoms with Gasteiger partial charge in [0.15, 0.2) is 0 Å². The Morgan fingerprint density at radius 1 is 1.02 bits per heavy atom. The van der Waals surface area contributed by atoms with E-state index in [0.717, 1.165) is 39.7 Å². The first-order valence-corrected chi connectivity index (χ1v) is 18.9. The normalized spacial score (nSPS) is 15.6. The smallest absolute Gasteiger partial charge is 0.328 e. The van der Waals surface area contributed by atoms with Crippen molar-refractivity contribution in [2.45, 2.75) is 57.8 Å². The third-order valence-electron chi connectivity index (χ3n) is 11.0. The number of hydrogen-bond acceptors (Lipinski definition) is 7. The summed E-state index contributed by atoms with van der Waals surface area (Å²) in [6.45, 7) is 4.81. The van der Waals surface area contributed by atoms with Gasteiger partial charge in [0.1, 0.15) is 11.3 Å². The second-order valence-corrected chi connectivity index (χ2v) is 14.9. The minimum absolute atomic E-state index is 0.0225. The van der Waals surface area contributed by atoms with Crippen molar-refractivity contribution >= 4 is 51.1 Å². The molecular formula is C44H40F2N6O5. The van der Waals surface area contributed by atoms with Crippen molar-refractivity contribution in [3.63, 3.8) is 0 Å². The highest BCUT2D eigenvalue weighted by atomic mass is 19.3. The first kappa shape index (κ1) is 37.4. The van der Waals surface area contributed by atoms with Gasteiger partial charge in [-0.05, 0) is 90.4 Å². The summed E-state index contributed by atoms with van der Waals surface area (Å²) in [6.07, 6.45) is 2.37. The zero-order valence-electron chi connectivity index (χ0n) is 31.9. The average molecular weight is 771 g/mol. The number of rotatable bonds is 7. The van der Waals surface area contributed by atoms with E-state index < -0.39 is 18.3 Å². The molecule has 3 aromatic heterocycles. The Morgan fingerprint density at radius 2 is 1.84 bits per heavy atom. The Hall–Kier alpha value is -6.55. The summed E-state index contributed by atoms with van der Waals surface area (Å²) in [7, 11) is 3.51. The van der Waals surface area contributed by atoms with E-state index in [4.69, 9.17) is 4.42 Å². The van der Waals surface area contributed by atoms with Gasteiger partial charge in [-0.2, -0.15) is 0 Å². The number of alkyl halides is 2. The third kappa shape index (κ3) is 6.85. The SMILES string of the molecule is CC(C)c1cc(N2CCCc3cc(-c4ccc(C(=O)NCC#Cc5ccc6occ(C7CCC(=O)NC7=O)c6c5)nc4)c(C(F)F)cc32)cc2c1n(C)c(=O)n2C. The van der Waals surface area contributed by atoms with E-state index >= 15 is 0 Å². The zero-order valence-corrected chi connectivity index (χ0v) is 31.9. The van der Waals surface area contributed by atoms with Crippen LogP contribution in [0.4, 0.5) is 20.2 Å². The number of nitrogens with one attached hydrogen (secondary N) is 2. The molecule has 6 aromatic rings. The summed E-state index contributed by atoms with van der Waals surface area (Å²) in [4.78, 5) is 56.3. The number of hydrogen-bond donors (Lipinski definition) is 2. The number of nitrogens with zero attached hydrogens (tertiary/aromatic N) is 4. The molecule has 13 heteroatoms. The number of furan rings is 1. The molecule has 57 heavy (non-hydrogen) atoms. The molecule has 8 rings (SSSR count). The van der Waals surface area contributed by atoms with Crippen LogP contribution in [0.15, 0.2) is 76.3 Å². The van der Waals surface area contributed by atoms with Crippen LogP contribution in [0.2, 0.25) is 0 Å². The van der Waals surface area contributed by atoms with Gasteiger partial charge in [0.05, 0.1) is 29.8 Å². The van der Waals surface area contributed by atoms with Gasteiger partial charge in [0, 0.05) is 72.3 Å². The molecule has 1 fully saturated rings. The Bertz CT molecular complexity index is 2730. The predicted molar refractivity (Wildman–Crippen MR) is 213 cm³/mol.